The molecule has 0 aliphatic carbocycles. The van der Waals surface area contributed by atoms with Gasteiger partial charge in [-0.15, -0.1) is 0 Å². The van der Waals surface area contributed by atoms with Gasteiger partial charge in [-0.1, -0.05) is 12.1 Å². The molecule has 0 bridgehead atoms. The highest BCUT2D eigenvalue weighted by Gasteiger charge is 2.11. The molecule has 0 spiro atoms. The number of benzene rings is 1. The van der Waals surface area contributed by atoms with Crippen LogP contribution >= 0.6 is 0 Å². The minimum Gasteiger partial charge on any atom is -0.394 e. The molecule has 3 aromatic rings. The molecular weight excluding hydrogens is 284 g/mol. The Morgan fingerprint density at radius 3 is 2.91 bits per heavy atom. The van der Waals surface area contributed by atoms with Gasteiger partial charge in [0.25, 0.3) is 0 Å². The number of aliphatic hydroxyl groups is 2. The second kappa shape index (κ2) is 5.96. The SMILES string of the molecule is Nc1nc2ccccc2n1-c1cc(NCC(O)CO)ncn1. The zero-order valence-electron chi connectivity index (χ0n) is 11.7. The van der Waals surface area contributed by atoms with Gasteiger partial charge in [-0.25, -0.2) is 15.0 Å². The van der Waals surface area contributed by atoms with Crippen molar-refractivity contribution in [1.82, 2.24) is 19.5 Å². The van der Waals surface area contributed by atoms with E-state index in [4.69, 9.17) is 10.8 Å². The van der Waals surface area contributed by atoms with Crippen LogP contribution in [0.5, 0.6) is 0 Å². The summed E-state index contributed by atoms with van der Waals surface area (Å²) >= 11 is 0. The molecule has 1 aromatic carbocycles. The highest BCUT2D eigenvalue weighted by Crippen LogP contribution is 2.22. The van der Waals surface area contributed by atoms with E-state index in [9.17, 15) is 5.11 Å². The lowest BCUT2D eigenvalue weighted by molar-refractivity contribution is 0.105. The smallest absolute Gasteiger partial charge is 0.207 e. The molecule has 0 fully saturated rings. The summed E-state index contributed by atoms with van der Waals surface area (Å²) < 4.78 is 1.73. The number of aromatic nitrogens is 4. The number of aliphatic hydroxyl groups excluding tert-OH is 2. The number of nitrogen functional groups attached to an aromatic ring is 1. The first-order chi connectivity index (χ1) is 10.7. The average Bonchev–Trinajstić information content (AvgIpc) is 2.88. The van der Waals surface area contributed by atoms with Gasteiger partial charge in [-0.3, -0.25) is 4.57 Å². The highest BCUT2D eigenvalue weighted by molar-refractivity contribution is 5.80. The van der Waals surface area contributed by atoms with Crippen LogP contribution in [-0.4, -0.2) is 49.0 Å². The Balaban J connectivity index is 1.95. The third-order valence-corrected chi connectivity index (χ3v) is 3.20. The standard InChI is InChI=1S/C14H16N6O2/c15-14-19-10-3-1-2-4-11(10)20(14)13-5-12(17-8-18-13)16-6-9(22)7-21/h1-5,8-9,21-22H,6-7H2,(H2,15,19)(H,16,17,18). The number of anilines is 2. The lowest BCUT2D eigenvalue weighted by Crippen LogP contribution is -2.23. The lowest BCUT2D eigenvalue weighted by atomic mass is 10.3. The lowest BCUT2D eigenvalue weighted by Gasteiger charge is -2.11. The molecular formula is C14H16N6O2. The van der Waals surface area contributed by atoms with Crippen molar-refractivity contribution in [3.63, 3.8) is 0 Å². The molecule has 2 aromatic heterocycles. The third kappa shape index (κ3) is 2.69. The van der Waals surface area contributed by atoms with Crippen molar-refractivity contribution in [3.8, 4) is 5.82 Å². The first-order valence-electron chi connectivity index (χ1n) is 6.77. The molecule has 22 heavy (non-hydrogen) atoms. The predicted molar refractivity (Wildman–Crippen MR) is 82.7 cm³/mol. The number of imidazole rings is 1. The molecule has 0 radical (unpaired) electrons. The molecule has 0 saturated carbocycles. The average molecular weight is 300 g/mol. The molecule has 0 saturated heterocycles. The molecule has 0 aliphatic heterocycles. The van der Waals surface area contributed by atoms with Crippen LogP contribution in [0, 0.1) is 0 Å². The van der Waals surface area contributed by atoms with Gasteiger partial charge in [-0.05, 0) is 12.1 Å². The van der Waals surface area contributed by atoms with Gasteiger partial charge >= 0.3 is 0 Å². The minimum absolute atomic E-state index is 0.188. The monoisotopic (exact) mass is 300 g/mol. The topological polar surface area (TPSA) is 122 Å². The number of fused-ring (bicyclic) bond motifs is 1. The summed E-state index contributed by atoms with van der Waals surface area (Å²) in [5.74, 6) is 1.43. The molecule has 8 nitrogen and oxygen atoms in total. The van der Waals surface area contributed by atoms with Crippen molar-refractivity contribution in [2.45, 2.75) is 6.10 Å². The van der Waals surface area contributed by atoms with Crippen molar-refractivity contribution in [1.29, 1.82) is 0 Å². The van der Waals surface area contributed by atoms with Crippen LogP contribution < -0.4 is 11.1 Å². The Morgan fingerprint density at radius 1 is 1.27 bits per heavy atom. The quantitative estimate of drug-likeness (QED) is 0.529. The normalized spacial score (nSPS) is 12.5. The van der Waals surface area contributed by atoms with E-state index in [2.05, 4.69) is 20.3 Å². The van der Waals surface area contributed by atoms with Crippen LogP contribution in [-0.2, 0) is 0 Å². The molecule has 3 rings (SSSR count). The molecule has 1 atom stereocenters. The maximum atomic E-state index is 9.37. The van der Waals surface area contributed by atoms with Crippen LogP contribution in [0.4, 0.5) is 11.8 Å². The van der Waals surface area contributed by atoms with Crippen molar-refractivity contribution < 1.29 is 10.2 Å². The summed E-state index contributed by atoms with van der Waals surface area (Å²) in [7, 11) is 0. The summed E-state index contributed by atoms with van der Waals surface area (Å²) in [5, 5.41) is 21.1. The Kier molecular flexibility index (Phi) is 3.86. The van der Waals surface area contributed by atoms with E-state index in [0.717, 1.165) is 11.0 Å². The molecule has 0 aliphatic rings. The van der Waals surface area contributed by atoms with E-state index >= 15 is 0 Å². The maximum Gasteiger partial charge on any atom is 0.207 e. The Labute approximate surface area is 126 Å². The Morgan fingerprint density at radius 2 is 2.09 bits per heavy atom. The third-order valence-electron chi connectivity index (χ3n) is 3.20. The van der Waals surface area contributed by atoms with Gasteiger partial charge in [0.15, 0.2) is 0 Å². The molecule has 2 heterocycles. The second-order valence-electron chi connectivity index (χ2n) is 4.77. The number of para-hydroxylation sites is 2. The number of hydrogen-bond acceptors (Lipinski definition) is 7. The molecule has 1 unspecified atom stereocenters. The summed E-state index contributed by atoms with van der Waals surface area (Å²) in [6.45, 7) is -0.128. The first kappa shape index (κ1) is 14.2. The number of hydrogen-bond donors (Lipinski definition) is 4. The highest BCUT2D eigenvalue weighted by atomic mass is 16.3. The van der Waals surface area contributed by atoms with E-state index in [-0.39, 0.29) is 13.2 Å². The van der Waals surface area contributed by atoms with Gasteiger partial charge in [-0.2, -0.15) is 0 Å². The van der Waals surface area contributed by atoms with Crippen LogP contribution in [0.3, 0.4) is 0 Å². The predicted octanol–water partition coefficient (Wildman–Crippen LogP) is 0.163. The Hall–Kier alpha value is -2.71. The van der Waals surface area contributed by atoms with E-state index in [1.165, 1.54) is 6.33 Å². The molecule has 0 amide bonds. The van der Waals surface area contributed by atoms with E-state index in [1.807, 2.05) is 24.3 Å². The second-order valence-corrected chi connectivity index (χ2v) is 4.77. The molecule has 114 valence electrons. The number of rotatable bonds is 5. The summed E-state index contributed by atoms with van der Waals surface area (Å²) in [6, 6.07) is 9.28. The largest absolute Gasteiger partial charge is 0.394 e. The fraction of sp³-hybridized carbons (Fsp3) is 0.214. The van der Waals surface area contributed by atoms with Crippen molar-refractivity contribution in [3.05, 3.63) is 36.7 Å². The number of nitrogens with one attached hydrogen (secondary N) is 1. The van der Waals surface area contributed by atoms with Gasteiger partial charge in [0, 0.05) is 12.6 Å². The number of nitrogens with zero attached hydrogens (tertiary/aromatic N) is 4. The van der Waals surface area contributed by atoms with Crippen LogP contribution in [0.2, 0.25) is 0 Å². The molecule has 5 N–H and O–H groups in total. The van der Waals surface area contributed by atoms with Gasteiger partial charge in [0.2, 0.25) is 5.95 Å². The number of nitrogens with two attached hydrogens (primary N) is 1. The fourth-order valence-corrected chi connectivity index (χ4v) is 2.14. The van der Waals surface area contributed by atoms with E-state index in [1.54, 1.807) is 10.6 Å². The Bertz CT molecular complexity index is 788. The van der Waals surface area contributed by atoms with Crippen LogP contribution in [0.25, 0.3) is 16.9 Å². The van der Waals surface area contributed by atoms with Crippen molar-refractivity contribution in [2.75, 3.05) is 24.2 Å². The van der Waals surface area contributed by atoms with Crippen LogP contribution in [0.15, 0.2) is 36.7 Å². The van der Waals surface area contributed by atoms with Gasteiger partial charge in [0.05, 0.1) is 23.7 Å². The van der Waals surface area contributed by atoms with Crippen LogP contribution in [0.1, 0.15) is 0 Å². The fourth-order valence-electron chi connectivity index (χ4n) is 2.14. The van der Waals surface area contributed by atoms with Crippen molar-refractivity contribution in [2.24, 2.45) is 0 Å². The summed E-state index contributed by atoms with van der Waals surface area (Å²) in [6.07, 6.45) is 0.551. The molecule has 8 heteroatoms. The maximum absolute atomic E-state index is 9.37. The summed E-state index contributed by atoms with van der Waals surface area (Å²) in [5.41, 5.74) is 7.61. The van der Waals surface area contributed by atoms with Gasteiger partial charge < -0.3 is 21.3 Å². The first-order valence-corrected chi connectivity index (χ1v) is 6.77. The van der Waals surface area contributed by atoms with E-state index < -0.39 is 6.10 Å². The van der Waals surface area contributed by atoms with Crippen molar-refractivity contribution >= 4 is 22.8 Å². The van der Waals surface area contributed by atoms with Gasteiger partial charge in [0.1, 0.15) is 18.0 Å². The van der Waals surface area contributed by atoms with E-state index in [0.29, 0.717) is 17.6 Å². The summed E-state index contributed by atoms with van der Waals surface area (Å²) in [4.78, 5) is 12.6. The minimum atomic E-state index is -0.849. The zero-order chi connectivity index (χ0) is 15.5. The zero-order valence-corrected chi connectivity index (χ0v) is 11.7.